The second-order valence-electron chi connectivity index (χ2n) is 8.72. The van der Waals surface area contributed by atoms with Crippen LogP contribution < -0.4 is 10.0 Å². The van der Waals surface area contributed by atoms with Gasteiger partial charge in [0.2, 0.25) is 15.9 Å². The first-order valence-electron chi connectivity index (χ1n) is 11.1. The lowest BCUT2D eigenvalue weighted by molar-refractivity contribution is -0.142. The third-order valence-corrected chi connectivity index (χ3v) is 6.96. The minimum atomic E-state index is -4.05. The zero-order valence-electron chi connectivity index (χ0n) is 19.4. The summed E-state index contributed by atoms with van der Waals surface area (Å²) in [6.07, 6.45) is 0.167. The number of aliphatic carboxylic acids is 1. The summed E-state index contributed by atoms with van der Waals surface area (Å²) in [5.41, 5.74) is 1.05. The predicted octanol–water partition coefficient (Wildman–Crippen LogP) is 3.22. The van der Waals surface area contributed by atoms with E-state index in [4.69, 9.17) is 5.26 Å². The molecule has 1 amide bonds. The predicted molar refractivity (Wildman–Crippen MR) is 132 cm³/mol. The van der Waals surface area contributed by atoms with Crippen molar-refractivity contribution in [2.45, 2.75) is 43.7 Å². The van der Waals surface area contributed by atoms with Crippen LogP contribution in [0.1, 0.15) is 31.4 Å². The van der Waals surface area contributed by atoms with Gasteiger partial charge in [0.15, 0.2) is 0 Å². The Morgan fingerprint density at radius 1 is 0.971 bits per heavy atom. The van der Waals surface area contributed by atoms with Crippen LogP contribution in [0, 0.1) is 17.2 Å². The number of sulfonamides is 1. The zero-order chi connectivity index (χ0) is 25.6. The molecule has 35 heavy (non-hydrogen) atoms. The van der Waals surface area contributed by atoms with E-state index in [9.17, 15) is 23.1 Å². The number of amides is 1. The van der Waals surface area contributed by atoms with Gasteiger partial charge >= 0.3 is 5.97 Å². The summed E-state index contributed by atoms with van der Waals surface area (Å²) < 4.78 is 28.7. The van der Waals surface area contributed by atoms with Crippen LogP contribution in [0.3, 0.4) is 0 Å². The Morgan fingerprint density at radius 3 is 2.23 bits per heavy atom. The van der Waals surface area contributed by atoms with Crippen LogP contribution in [-0.2, 0) is 26.0 Å². The average molecular weight is 494 g/mol. The molecule has 3 aromatic carbocycles. The fraction of sp³-hybridized carbons (Fsp3) is 0.269. The first-order chi connectivity index (χ1) is 16.6. The number of carbonyl (C=O) groups excluding carboxylic acids is 1. The van der Waals surface area contributed by atoms with Crippen molar-refractivity contribution in [3.05, 3.63) is 77.9 Å². The average Bonchev–Trinajstić information content (AvgIpc) is 2.82. The molecule has 0 aliphatic carbocycles. The van der Waals surface area contributed by atoms with E-state index in [1.807, 2.05) is 32.0 Å². The SMILES string of the molecule is CC(C)C[C@H](NS(=O)(=O)c1ccc2ccccc2c1)C(=O)N[C@@H](Cc1ccc(C#N)cc1)C(=O)O. The van der Waals surface area contributed by atoms with Gasteiger partial charge < -0.3 is 10.4 Å². The van der Waals surface area contributed by atoms with Gasteiger partial charge in [0.1, 0.15) is 12.1 Å². The molecule has 0 fully saturated rings. The van der Waals surface area contributed by atoms with E-state index < -0.39 is 34.0 Å². The van der Waals surface area contributed by atoms with E-state index in [0.717, 1.165) is 10.8 Å². The summed E-state index contributed by atoms with van der Waals surface area (Å²) in [5, 5.41) is 22.7. The lowest BCUT2D eigenvalue weighted by atomic mass is 10.0. The monoisotopic (exact) mass is 493 g/mol. The van der Waals surface area contributed by atoms with Gasteiger partial charge in [-0.3, -0.25) is 4.79 Å². The first-order valence-corrected chi connectivity index (χ1v) is 12.6. The Kier molecular flexibility index (Phi) is 8.22. The van der Waals surface area contributed by atoms with Crippen molar-refractivity contribution >= 4 is 32.7 Å². The van der Waals surface area contributed by atoms with Crippen LogP contribution in [0.5, 0.6) is 0 Å². The molecule has 0 radical (unpaired) electrons. The van der Waals surface area contributed by atoms with E-state index in [1.54, 1.807) is 42.5 Å². The maximum absolute atomic E-state index is 13.1. The largest absolute Gasteiger partial charge is 0.480 e. The number of nitriles is 1. The topological polar surface area (TPSA) is 136 Å². The molecular formula is C26H27N3O5S. The standard InChI is InChI=1S/C26H27N3O5S/c1-17(2)13-23(29-35(33,34)22-12-11-20-5-3-4-6-21(20)15-22)25(30)28-24(26(31)32)14-18-7-9-19(16-27)10-8-18/h3-12,15,17,23-24,29H,13-14H2,1-2H3,(H,28,30)(H,31,32)/t23-,24-/m0/s1. The Bertz CT molecular complexity index is 1360. The van der Waals surface area contributed by atoms with Gasteiger partial charge in [-0.25, -0.2) is 13.2 Å². The third-order valence-electron chi connectivity index (χ3n) is 5.49. The summed E-state index contributed by atoms with van der Waals surface area (Å²) in [4.78, 5) is 24.9. The number of hydrogen-bond acceptors (Lipinski definition) is 5. The molecule has 8 nitrogen and oxygen atoms in total. The molecule has 3 aromatic rings. The highest BCUT2D eigenvalue weighted by Gasteiger charge is 2.30. The van der Waals surface area contributed by atoms with Crippen molar-refractivity contribution in [2.24, 2.45) is 5.92 Å². The summed E-state index contributed by atoms with van der Waals surface area (Å²) in [6, 6.07) is 18.0. The van der Waals surface area contributed by atoms with Crippen LogP contribution in [0.15, 0.2) is 71.6 Å². The lowest BCUT2D eigenvalue weighted by Crippen LogP contribution is -2.52. The molecule has 0 unspecified atom stereocenters. The summed E-state index contributed by atoms with van der Waals surface area (Å²) in [5.74, 6) is -2.00. The second kappa shape index (κ2) is 11.1. The number of carbonyl (C=O) groups is 2. The number of rotatable bonds is 10. The van der Waals surface area contributed by atoms with Crippen molar-refractivity contribution < 1.29 is 23.1 Å². The molecule has 0 saturated heterocycles. The summed E-state index contributed by atoms with van der Waals surface area (Å²) in [6.45, 7) is 3.69. The Morgan fingerprint density at radius 2 is 1.63 bits per heavy atom. The number of fused-ring (bicyclic) bond motifs is 1. The number of nitrogens with zero attached hydrogens (tertiary/aromatic N) is 1. The molecule has 182 valence electrons. The number of carboxylic acids is 1. The van der Waals surface area contributed by atoms with Gasteiger partial charge in [0, 0.05) is 6.42 Å². The van der Waals surface area contributed by atoms with E-state index >= 15 is 0 Å². The lowest BCUT2D eigenvalue weighted by Gasteiger charge is -2.23. The van der Waals surface area contributed by atoms with E-state index in [-0.39, 0.29) is 23.7 Å². The Balaban J connectivity index is 1.80. The van der Waals surface area contributed by atoms with Crippen LogP contribution in [0.2, 0.25) is 0 Å². The highest BCUT2D eigenvalue weighted by atomic mass is 32.2. The zero-order valence-corrected chi connectivity index (χ0v) is 20.2. The van der Waals surface area contributed by atoms with Crippen LogP contribution in [-0.4, -0.2) is 37.5 Å². The molecule has 2 atom stereocenters. The molecule has 0 aliphatic heterocycles. The molecule has 3 N–H and O–H groups in total. The Labute approximate surface area is 204 Å². The van der Waals surface area contributed by atoms with Crippen molar-refractivity contribution in [3.8, 4) is 6.07 Å². The van der Waals surface area contributed by atoms with E-state index in [2.05, 4.69) is 10.0 Å². The van der Waals surface area contributed by atoms with Gasteiger partial charge in [0.05, 0.1) is 16.5 Å². The number of nitrogens with one attached hydrogen (secondary N) is 2. The second-order valence-corrected chi connectivity index (χ2v) is 10.4. The number of benzene rings is 3. The third kappa shape index (κ3) is 6.88. The highest BCUT2D eigenvalue weighted by molar-refractivity contribution is 7.89. The molecular weight excluding hydrogens is 466 g/mol. The van der Waals surface area contributed by atoms with Crippen LogP contribution >= 0.6 is 0 Å². The summed E-state index contributed by atoms with van der Waals surface area (Å²) in [7, 11) is -4.05. The fourth-order valence-electron chi connectivity index (χ4n) is 3.69. The molecule has 0 aromatic heterocycles. The van der Waals surface area contributed by atoms with Gasteiger partial charge in [-0.15, -0.1) is 0 Å². The van der Waals surface area contributed by atoms with Crippen molar-refractivity contribution in [1.82, 2.24) is 10.0 Å². The Hall–Kier alpha value is -3.74. The minimum Gasteiger partial charge on any atom is -0.480 e. The maximum atomic E-state index is 13.1. The summed E-state index contributed by atoms with van der Waals surface area (Å²) >= 11 is 0. The molecule has 0 bridgehead atoms. The molecule has 0 heterocycles. The quantitative estimate of drug-likeness (QED) is 0.397. The van der Waals surface area contributed by atoms with Gasteiger partial charge in [0.25, 0.3) is 0 Å². The number of carboxylic acid groups (broad SMARTS) is 1. The van der Waals surface area contributed by atoms with Gasteiger partial charge in [-0.2, -0.15) is 9.98 Å². The first kappa shape index (κ1) is 25.9. The van der Waals surface area contributed by atoms with E-state index in [0.29, 0.717) is 11.1 Å². The maximum Gasteiger partial charge on any atom is 0.326 e. The fourth-order valence-corrected chi connectivity index (χ4v) is 4.94. The smallest absolute Gasteiger partial charge is 0.326 e. The van der Waals surface area contributed by atoms with Crippen LogP contribution in [0.4, 0.5) is 0 Å². The molecule has 9 heteroatoms. The van der Waals surface area contributed by atoms with Crippen molar-refractivity contribution in [1.29, 1.82) is 5.26 Å². The van der Waals surface area contributed by atoms with Crippen molar-refractivity contribution in [2.75, 3.05) is 0 Å². The molecule has 3 rings (SSSR count). The molecule has 0 saturated carbocycles. The molecule has 0 spiro atoms. The highest BCUT2D eigenvalue weighted by Crippen LogP contribution is 2.20. The van der Waals surface area contributed by atoms with E-state index in [1.165, 1.54) is 12.1 Å². The normalized spacial score (nSPS) is 13.2. The van der Waals surface area contributed by atoms with Crippen LogP contribution in [0.25, 0.3) is 10.8 Å². The van der Waals surface area contributed by atoms with Gasteiger partial charge in [-0.1, -0.05) is 56.3 Å². The minimum absolute atomic E-state index is 0.0153. The molecule has 0 aliphatic rings. The van der Waals surface area contributed by atoms with Crippen molar-refractivity contribution in [3.63, 3.8) is 0 Å². The van der Waals surface area contributed by atoms with Gasteiger partial charge in [-0.05, 0) is 52.9 Å². The number of hydrogen-bond donors (Lipinski definition) is 3.